The van der Waals surface area contributed by atoms with E-state index in [1.165, 1.54) is 24.1 Å². The molecule has 1 aromatic carbocycles. The minimum absolute atomic E-state index is 0.0897. The molecule has 2 aliphatic heterocycles. The van der Waals surface area contributed by atoms with Gasteiger partial charge in [0.25, 0.3) is 0 Å². The van der Waals surface area contributed by atoms with E-state index in [0.717, 1.165) is 45.1 Å². The highest BCUT2D eigenvalue weighted by Gasteiger charge is 2.29. The Hall–Kier alpha value is -2.48. The number of hydrogen-bond donors (Lipinski definition) is 0. The number of amides is 1. The molecule has 0 saturated carbocycles. The van der Waals surface area contributed by atoms with Gasteiger partial charge in [-0.05, 0) is 61.8 Å². The van der Waals surface area contributed by atoms with Crippen molar-refractivity contribution in [2.45, 2.75) is 45.8 Å². The van der Waals surface area contributed by atoms with Crippen LogP contribution in [0.25, 0.3) is 0 Å². The number of nitrogens with zero attached hydrogens (tertiary/aromatic N) is 7. The van der Waals surface area contributed by atoms with Crippen LogP contribution < -0.4 is 4.90 Å². The zero-order valence-electron chi connectivity index (χ0n) is 16.8. The van der Waals surface area contributed by atoms with E-state index in [9.17, 15) is 4.79 Å². The van der Waals surface area contributed by atoms with Gasteiger partial charge in [-0.3, -0.25) is 9.69 Å². The summed E-state index contributed by atoms with van der Waals surface area (Å²) in [4.78, 5) is 19.6. The average Bonchev–Trinajstić information content (AvgIpc) is 3.35. The first kappa shape index (κ1) is 18.9. The summed E-state index contributed by atoms with van der Waals surface area (Å²) in [6.45, 7) is 9.76. The van der Waals surface area contributed by atoms with Crippen molar-refractivity contribution in [2.24, 2.45) is 0 Å². The summed E-state index contributed by atoms with van der Waals surface area (Å²) in [7, 11) is 0. The summed E-state index contributed by atoms with van der Waals surface area (Å²) in [5.74, 6) is 0.869. The van der Waals surface area contributed by atoms with Crippen LogP contribution in [0.1, 0.15) is 31.2 Å². The van der Waals surface area contributed by atoms with E-state index in [0.29, 0.717) is 0 Å². The number of aromatic nitrogens is 4. The second-order valence-electron chi connectivity index (χ2n) is 7.90. The lowest BCUT2D eigenvalue weighted by Gasteiger charge is -2.41. The van der Waals surface area contributed by atoms with Gasteiger partial charge in [0, 0.05) is 31.4 Å². The van der Waals surface area contributed by atoms with Gasteiger partial charge in [-0.2, -0.15) is 0 Å². The SMILES string of the molecule is Cc1ccccc1N1CCN(C(=O)Cn2nnnc2CN2CCCC2)[C@H](C)C1. The fourth-order valence-corrected chi connectivity index (χ4v) is 4.28. The molecule has 0 bridgehead atoms. The van der Waals surface area contributed by atoms with Gasteiger partial charge in [0.15, 0.2) is 5.82 Å². The van der Waals surface area contributed by atoms with Crippen LogP contribution in [0, 0.1) is 6.92 Å². The van der Waals surface area contributed by atoms with Crippen molar-refractivity contribution >= 4 is 11.6 Å². The zero-order chi connectivity index (χ0) is 19.5. The predicted molar refractivity (Wildman–Crippen MR) is 107 cm³/mol. The van der Waals surface area contributed by atoms with Gasteiger partial charge in [-0.25, -0.2) is 4.68 Å². The van der Waals surface area contributed by atoms with Gasteiger partial charge in [0.05, 0.1) is 6.54 Å². The monoisotopic (exact) mass is 383 g/mol. The Balaban J connectivity index is 1.37. The highest BCUT2D eigenvalue weighted by molar-refractivity contribution is 5.76. The predicted octanol–water partition coefficient (Wildman–Crippen LogP) is 1.31. The number of anilines is 1. The molecule has 1 aromatic heterocycles. The van der Waals surface area contributed by atoms with E-state index in [-0.39, 0.29) is 18.5 Å². The van der Waals surface area contributed by atoms with E-state index in [1.807, 2.05) is 4.90 Å². The summed E-state index contributed by atoms with van der Waals surface area (Å²) >= 11 is 0. The largest absolute Gasteiger partial charge is 0.367 e. The highest BCUT2D eigenvalue weighted by Crippen LogP contribution is 2.23. The van der Waals surface area contributed by atoms with Gasteiger partial charge in [0.2, 0.25) is 5.91 Å². The molecule has 0 unspecified atom stereocenters. The molecule has 8 heteroatoms. The van der Waals surface area contributed by atoms with Crippen molar-refractivity contribution < 1.29 is 4.79 Å². The maximum atomic E-state index is 13.0. The first-order valence-electron chi connectivity index (χ1n) is 10.2. The molecule has 0 spiro atoms. The summed E-state index contributed by atoms with van der Waals surface area (Å²) in [5, 5.41) is 12.0. The van der Waals surface area contributed by atoms with E-state index < -0.39 is 0 Å². The maximum Gasteiger partial charge on any atom is 0.244 e. The smallest absolute Gasteiger partial charge is 0.244 e. The number of rotatable bonds is 5. The topological polar surface area (TPSA) is 70.4 Å². The molecule has 3 heterocycles. The third-order valence-electron chi connectivity index (χ3n) is 5.86. The summed E-state index contributed by atoms with van der Waals surface area (Å²) < 4.78 is 1.67. The lowest BCUT2D eigenvalue weighted by atomic mass is 10.1. The fourth-order valence-electron chi connectivity index (χ4n) is 4.28. The molecule has 28 heavy (non-hydrogen) atoms. The van der Waals surface area contributed by atoms with Gasteiger partial charge in [-0.1, -0.05) is 18.2 Å². The molecule has 2 saturated heterocycles. The van der Waals surface area contributed by atoms with E-state index in [1.54, 1.807) is 4.68 Å². The Bertz CT molecular complexity index is 814. The number of carbonyl (C=O) groups excluding carboxylic acids is 1. The Morgan fingerprint density at radius 2 is 1.93 bits per heavy atom. The van der Waals surface area contributed by atoms with Crippen LogP contribution in [0.4, 0.5) is 5.69 Å². The Morgan fingerprint density at radius 1 is 1.14 bits per heavy atom. The number of likely N-dealkylation sites (tertiary alicyclic amines) is 1. The van der Waals surface area contributed by atoms with Crippen LogP contribution in [0.15, 0.2) is 24.3 Å². The van der Waals surface area contributed by atoms with Crippen molar-refractivity contribution in [3.63, 3.8) is 0 Å². The molecule has 0 N–H and O–H groups in total. The number of tetrazole rings is 1. The number of carbonyl (C=O) groups is 1. The number of piperazine rings is 1. The minimum Gasteiger partial charge on any atom is -0.367 e. The summed E-state index contributed by atoms with van der Waals surface area (Å²) in [6.07, 6.45) is 2.45. The van der Waals surface area contributed by atoms with Crippen molar-refractivity contribution in [2.75, 3.05) is 37.6 Å². The van der Waals surface area contributed by atoms with E-state index in [2.05, 4.69) is 63.4 Å². The maximum absolute atomic E-state index is 13.0. The number of para-hydroxylation sites is 1. The molecule has 2 fully saturated rings. The fraction of sp³-hybridized carbons (Fsp3) is 0.600. The first-order valence-corrected chi connectivity index (χ1v) is 10.2. The lowest BCUT2D eigenvalue weighted by molar-refractivity contribution is -0.134. The molecule has 0 radical (unpaired) electrons. The normalized spacial score (nSPS) is 20.7. The molecule has 2 aliphatic rings. The van der Waals surface area contributed by atoms with Crippen LogP contribution >= 0.6 is 0 Å². The van der Waals surface area contributed by atoms with Gasteiger partial charge in [0.1, 0.15) is 6.54 Å². The number of benzene rings is 1. The Morgan fingerprint density at radius 3 is 2.68 bits per heavy atom. The number of hydrogen-bond acceptors (Lipinski definition) is 6. The molecule has 8 nitrogen and oxygen atoms in total. The van der Waals surface area contributed by atoms with Gasteiger partial charge >= 0.3 is 0 Å². The molecule has 4 rings (SSSR count). The number of aryl methyl sites for hydroxylation is 1. The Kier molecular flexibility index (Phi) is 5.57. The van der Waals surface area contributed by atoms with Crippen molar-refractivity contribution in [3.05, 3.63) is 35.7 Å². The van der Waals surface area contributed by atoms with Gasteiger partial charge < -0.3 is 9.80 Å². The summed E-state index contributed by atoms with van der Waals surface area (Å²) in [6, 6.07) is 8.58. The van der Waals surface area contributed by atoms with Crippen LogP contribution in [0.3, 0.4) is 0 Å². The molecule has 2 aromatic rings. The standard InChI is InChI=1S/C20H29N7O/c1-16-7-3-4-8-18(16)25-11-12-26(17(2)13-25)20(28)15-27-19(21-22-23-27)14-24-9-5-6-10-24/h3-4,7-8,17H,5-6,9-15H2,1-2H3/t17-/m1/s1. The van der Waals surface area contributed by atoms with Crippen molar-refractivity contribution in [1.29, 1.82) is 0 Å². The average molecular weight is 384 g/mol. The van der Waals surface area contributed by atoms with Crippen molar-refractivity contribution in [3.8, 4) is 0 Å². The van der Waals surface area contributed by atoms with Crippen LogP contribution in [0.2, 0.25) is 0 Å². The molecule has 1 amide bonds. The second kappa shape index (κ2) is 8.26. The van der Waals surface area contributed by atoms with Crippen LogP contribution in [-0.2, 0) is 17.9 Å². The first-order chi connectivity index (χ1) is 13.6. The second-order valence-corrected chi connectivity index (χ2v) is 7.90. The molecular weight excluding hydrogens is 354 g/mol. The molecule has 1 atom stereocenters. The third-order valence-corrected chi connectivity index (χ3v) is 5.86. The third kappa shape index (κ3) is 4.01. The minimum atomic E-state index is 0.0897. The Labute approximate surface area is 166 Å². The van der Waals surface area contributed by atoms with Crippen molar-refractivity contribution in [1.82, 2.24) is 30.0 Å². The van der Waals surface area contributed by atoms with Crippen LogP contribution in [0.5, 0.6) is 0 Å². The highest BCUT2D eigenvalue weighted by atomic mass is 16.2. The van der Waals surface area contributed by atoms with Crippen LogP contribution in [-0.4, -0.2) is 74.7 Å². The zero-order valence-corrected chi connectivity index (χ0v) is 16.8. The van der Waals surface area contributed by atoms with Gasteiger partial charge in [-0.15, -0.1) is 5.10 Å². The van der Waals surface area contributed by atoms with E-state index >= 15 is 0 Å². The van der Waals surface area contributed by atoms with E-state index in [4.69, 9.17) is 0 Å². The molecule has 150 valence electrons. The summed E-state index contributed by atoms with van der Waals surface area (Å²) in [5.41, 5.74) is 2.53. The quantitative estimate of drug-likeness (QED) is 0.776. The molecular formula is C20H29N7O. The lowest BCUT2D eigenvalue weighted by Crippen LogP contribution is -2.55. The molecule has 0 aliphatic carbocycles.